The maximum absolute atomic E-state index is 12.6. The molecule has 118 valence electrons. The number of rotatable bonds is 4. The minimum Gasteiger partial charge on any atom is -0.300 e. The van der Waals surface area contributed by atoms with Crippen LogP contribution < -0.4 is 0 Å². The maximum Gasteiger partial charge on any atom is 0.243 e. The number of benzene rings is 1. The van der Waals surface area contributed by atoms with E-state index in [2.05, 4.69) is 18.7 Å². The fourth-order valence-corrected chi connectivity index (χ4v) is 4.22. The lowest BCUT2D eigenvalue weighted by atomic mass is 10.2. The fraction of sp³-hybridized carbons (Fsp3) is 0.600. The first-order valence-corrected chi connectivity index (χ1v) is 9.11. The van der Waals surface area contributed by atoms with Crippen LogP contribution in [0.2, 0.25) is 5.02 Å². The first kappa shape index (κ1) is 16.7. The minimum atomic E-state index is -3.41. The summed E-state index contributed by atoms with van der Waals surface area (Å²) in [5.41, 5.74) is 0.788. The summed E-state index contributed by atoms with van der Waals surface area (Å²) < 4.78 is 26.9. The van der Waals surface area contributed by atoms with Gasteiger partial charge in [0.1, 0.15) is 0 Å². The minimum absolute atomic E-state index is 0.335. The zero-order chi connectivity index (χ0) is 15.6. The van der Waals surface area contributed by atoms with Crippen LogP contribution in [0.1, 0.15) is 19.4 Å². The molecule has 1 aliphatic heterocycles. The van der Waals surface area contributed by atoms with Crippen LogP contribution in [-0.4, -0.2) is 50.3 Å². The number of halogens is 1. The third kappa shape index (κ3) is 3.97. The number of hydrogen-bond donors (Lipinski definition) is 0. The summed E-state index contributed by atoms with van der Waals surface area (Å²) in [5.74, 6) is 0.604. The molecule has 2 rings (SSSR count). The third-order valence-corrected chi connectivity index (χ3v) is 6.04. The molecule has 4 nitrogen and oxygen atoms in total. The van der Waals surface area contributed by atoms with Crippen LogP contribution in [0.3, 0.4) is 0 Å². The van der Waals surface area contributed by atoms with Gasteiger partial charge in [0.05, 0.1) is 4.90 Å². The van der Waals surface area contributed by atoms with E-state index in [1.165, 1.54) is 0 Å². The summed E-state index contributed by atoms with van der Waals surface area (Å²) in [6, 6.07) is 4.89. The van der Waals surface area contributed by atoms with Gasteiger partial charge in [-0.25, -0.2) is 8.42 Å². The second-order valence-corrected chi connectivity index (χ2v) is 8.35. The Balaban J connectivity index is 2.09. The fourth-order valence-electron chi connectivity index (χ4n) is 2.60. The molecule has 21 heavy (non-hydrogen) atoms. The molecule has 0 spiro atoms. The average molecular weight is 331 g/mol. The summed E-state index contributed by atoms with van der Waals surface area (Å²) in [6.45, 7) is 9.90. The Morgan fingerprint density at radius 1 is 1.19 bits per heavy atom. The molecule has 0 aliphatic carbocycles. The van der Waals surface area contributed by atoms with Gasteiger partial charge in [-0.3, -0.25) is 0 Å². The van der Waals surface area contributed by atoms with Crippen LogP contribution >= 0.6 is 11.6 Å². The van der Waals surface area contributed by atoms with E-state index in [0.29, 0.717) is 28.9 Å². The Bertz CT molecular complexity index is 594. The normalized spacial score (nSPS) is 18.3. The summed E-state index contributed by atoms with van der Waals surface area (Å²) in [7, 11) is -3.41. The van der Waals surface area contributed by atoms with Crippen molar-refractivity contribution < 1.29 is 8.42 Å². The van der Waals surface area contributed by atoms with Gasteiger partial charge in [0.25, 0.3) is 0 Å². The van der Waals surface area contributed by atoms with Crippen molar-refractivity contribution in [2.24, 2.45) is 5.92 Å². The van der Waals surface area contributed by atoms with E-state index >= 15 is 0 Å². The molecule has 0 bridgehead atoms. The lowest BCUT2D eigenvalue weighted by Gasteiger charge is -2.34. The first-order chi connectivity index (χ1) is 9.80. The number of nitrogens with zero attached hydrogens (tertiary/aromatic N) is 2. The zero-order valence-electron chi connectivity index (χ0n) is 12.8. The summed E-state index contributed by atoms with van der Waals surface area (Å²) in [4.78, 5) is 2.66. The molecule has 1 aromatic rings. The van der Waals surface area contributed by atoms with Crippen LogP contribution in [0.5, 0.6) is 0 Å². The lowest BCUT2D eigenvalue weighted by Crippen LogP contribution is -2.49. The van der Waals surface area contributed by atoms with Gasteiger partial charge in [-0.05, 0) is 36.6 Å². The molecule has 1 fully saturated rings. The third-order valence-electron chi connectivity index (χ3n) is 3.72. The summed E-state index contributed by atoms with van der Waals surface area (Å²) >= 11 is 5.97. The van der Waals surface area contributed by atoms with Gasteiger partial charge >= 0.3 is 0 Å². The van der Waals surface area contributed by atoms with Gasteiger partial charge in [0, 0.05) is 37.7 Å². The lowest BCUT2D eigenvalue weighted by molar-refractivity contribution is 0.172. The molecule has 0 unspecified atom stereocenters. The van der Waals surface area contributed by atoms with E-state index < -0.39 is 10.0 Å². The van der Waals surface area contributed by atoms with Crippen molar-refractivity contribution in [1.82, 2.24) is 9.21 Å². The van der Waals surface area contributed by atoms with E-state index in [0.717, 1.165) is 25.2 Å². The highest BCUT2D eigenvalue weighted by Gasteiger charge is 2.28. The first-order valence-electron chi connectivity index (χ1n) is 7.29. The van der Waals surface area contributed by atoms with E-state index in [1.807, 2.05) is 6.92 Å². The Labute approximate surface area is 132 Å². The largest absolute Gasteiger partial charge is 0.300 e. The van der Waals surface area contributed by atoms with Crippen molar-refractivity contribution in [3.8, 4) is 0 Å². The van der Waals surface area contributed by atoms with Crippen LogP contribution in [0.15, 0.2) is 23.1 Å². The van der Waals surface area contributed by atoms with Gasteiger partial charge in [0.2, 0.25) is 10.0 Å². The number of hydrogen-bond acceptors (Lipinski definition) is 3. The number of piperazine rings is 1. The highest BCUT2D eigenvalue weighted by molar-refractivity contribution is 7.89. The molecular weight excluding hydrogens is 308 g/mol. The van der Waals surface area contributed by atoms with Gasteiger partial charge in [-0.1, -0.05) is 25.4 Å². The molecule has 0 aromatic heterocycles. The number of aryl methyl sites for hydroxylation is 1. The van der Waals surface area contributed by atoms with E-state index in [-0.39, 0.29) is 0 Å². The Hall–Kier alpha value is -0.620. The van der Waals surface area contributed by atoms with Crippen molar-refractivity contribution in [1.29, 1.82) is 0 Å². The van der Waals surface area contributed by atoms with Crippen LogP contribution in [0, 0.1) is 12.8 Å². The molecule has 1 aliphatic rings. The van der Waals surface area contributed by atoms with Crippen molar-refractivity contribution in [2.45, 2.75) is 25.7 Å². The second-order valence-electron chi connectivity index (χ2n) is 6.01. The Kier molecular flexibility index (Phi) is 5.30. The molecule has 6 heteroatoms. The molecule has 0 atom stereocenters. The molecule has 0 radical (unpaired) electrons. The molecule has 0 amide bonds. The van der Waals surface area contributed by atoms with E-state index in [9.17, 15) is 8.42 Å². The van der Waals surface area contributed by atoms with Crippen molar-refractivity contribution >= 4 is 21.6 Å². The highest BCUT2D eigenvalue weighted by atomic mass is 35.5. The second kappa shape index (κ2) is 6.65. The summed E-state index contributed by atoms with van der Waals surface area (Å²) in [6.07, 6.45) is 0. The summed E-state index contributed by atoms with van der Waals surface area (Å²) in [5, 5.41) is 0.593. The average Bonchev–Trinajstić information content (AvgIpc) is 2.41. The predicted octanol–water partition coefficient (Wildman–Crippen LogP) is 2.61. The predicted molar refractivity (Wildman–Crippen MR) is 86.2 cm³/mol. The van der Waals surface area contributed by atoms with Crippen LogP contribution in [-0.2, 0) is 10.0 Å². The Morgan fingerprint density at radius 2 is 1.81 bits per heavy atom. The molecule has 1 aromatic carbocycles. The van der Waals surface area contributed by atoms with Gasteiger partial charge < -0.3 is 4.90 Å². The smallest absolute Gasteiger partial charge is 0.243 e. The molecular formula is C15H23ClN2O2S. The van der Waals surface area contributed by atoms with E-state index in [1.54, 1.807) is 22.5 Å². The number of sulfonamides is 1. The van der Waals surface area contributed by atoms with Crippen LogP contribution in [0.4, 0.5) is 0 Å². The molecule has 1 saturated heterocycles. The topological polar surface area (TPSA) is 40.6 Å². The van der Waals surface area contributed by atoms with Gasteiger partial charge in [-0.15, -0.1) is 0 Å². The van der Waals surface area contributed by atoms with Crippen molar-refractivity contribution in [3.05, 3.63) is 28.8 Å². The highest BCUT2D eigenvalue weighted by Crippen LogP contribution is 2.23. The maximum atomic E-state index is 12.6. The van der Waals surface area contributed by atoms with Crippen LogP contribution in [0.25, 0.3) is 0 Å². The zero-order valence-corrected chi connectivity index (χ0v) is 14.4. The monoisotopic (exact) mass is 330 g/mol. The van der Waals surface area contributed by atoms with E-state index in [4.69, 9.17) is 11.6 Å². The van der Waals surface area contributed by atoms with Gasteiger partial charge in [-0.2, -0.15) is 4.31 Å². The quantitative estimate of drug-likeness (QED) is 0.852. The molecule has 1 heterocycles. The SMILES string of the molecule is Cc1cc(S(=O)(=O)N2CCN(CC(C)C)CC2)ccc1Cl. The Morgan fingerprint density at radius 3 is 2.33 bits per heavy atom. The van der Waals surface area contributed by atoms with Gasteiger partial charge in [0.15, 0.2) is 0 Å². The molecule has 0 saturated carbocycles. The standard InChI is InChI=1S/C15H23ClN2O2S/c1-12(2)11-17-6-8-18(9-7-17)21(19,20)14-4-5-15(16)13(3)10-14/h4-5,10,12H,6-9,11H2,1-3H3. The van der Waals surface area contributed by atoms with Crippen molar-refractivity contribution in [3.63, 3.8) is 0 Å². The van der Waals surface area contributed by atoms with Crippen molar-refractivity contribution in [2.75, 3.05) is 32.7 Å². The molecule has 0 N–H and O–H groups in total.